The monoisotopic (exact) mass is 352 g/mol. The van der Waals surface area contributed by atoms with Crippen molar-refractivity contribution in [3.05, 3.63) is 53.0 Å². The van der Waals surface area contributed by atoms with E-state index >= 15 is 0 Å². The zero-order chi connectivity index (χ0) is 17.8. The molecule has 26 heavy (non-hydrogen) atoms. The van der Waals surface area contributed by atoms with Crippen LogP contribution in [-0.2, 0) is 24.0 Å². The van der Waals surface area contributed by atoms with E-state index in [4.69, 9.17) is 9.72 Å². The molecule has 2 aromatic rings. The number of hydrogen-bond donors (Lipinski definition) is 2. The first kappa shape index (κ1) is 17.0. The minimum Gasteiger partial charge on any atom is -0.381 e. The van der Waals surface area contributed by atoms with Crippen molar-refractivity contribution in [3.8, 4) is 0 Å². The molecule has 1 fully saturated rings. The fraction of sp³-hybridized carbons (Fsp3) is 0.450. The summed E-state index contributed by atoms with van der Waals surface area (Å²) in [6.07, 6.45) is 4.27. The first-order chi connectivity index (χ1) is 12.8. The van der Waals surface area contributed by atoms with Gasteiger partial charge in [-0.2, -0.15) is 0 Å². The van der Waals surface area contributed by atoms with Gasteiger partial charge in [0.1, 0.15) is 17.3 Å². The molecule has 0 aliphatic carbocycles. The highest BCUT2D eigenvalue weighted by Gasteiger charge is 2.25. The third-order valence-corrected chi connectivity index (χ3v) is 4.97. The average molecular weight is 352 g/mol. The van der Waals surface area contributed by atoms with Crippen molar-refractivity contribution in [1.29, 1.82) is 0 Å². The van der Waals surface area contributed by atoms with Gasteiger partial charge in [-0.3, -0.25) is 4.79 Å². The molecule has 0 bridgehead atoms. The molecule has 2 aliphatic heterocycles. The van der Waals surface area contributed by atoms with Gasteiger partial charge in [0.05, 0.1) is 0 Å². The summed E-state index contributed by atoms with van der Waals surface area (Å²) in [4.78, 5) is 21.7. The summed E-state index contributed by atoms with van der Waals surface area (Å²) in [5, 5.41) is 6.45. The normalized spacial score (nSPS) is 17.5. The Kier molecular flexibility index (Phi) is 5.11. The van der Waals surface area contributed by atoms with Crippen molar-refractivity contribution < 1.29 is 9.53 Å². The standard InChI is InChI=1S/C20H24N4O2/c25-20-18-16(8-11-21-20)19(22-15-9-12-26-13-10-15)24-17(23-18)7-6-14-4-2-1-3-5-14/h1-5,15H,6-13H2,(H,21,25)(H,22,23,24). The number of anilines is 1. The Morgan fingerprint density at radius 2 is 1.92 bits per heavy atom. The van der Waals surface area contributed by atoms with Crippen LogP contribution in [0.15, 0.2) is 30.3 Å². The van der Waals surface area contributed by atoms with Gasteiger partial charge >= 0.3 is 0 Å². The molecule has 4 rings (SSSR count). The SMILES string of the molecule is O=C1NCCc2c(NC3CCOCC3)nc(CCc3ccccc3)nc21. The molecule has 1 aromatic heterocycles. The van der Waals surface area contributed by atoms with Crippen molar-refractivity contribution in [2.75, 3.05) is 25.1 Å². The molecule has 2 N–H and O–H groups in total. The van der Waals surface area contributed by atoms with Crippen LogP contribution in [0, 0.1) is 0 Å². The van der Waals surface area contributed by atoms with Crippen LogP contribution < -0.4 is 10.6 Å². The lowest BCUT2D eigenvalue weighted by Gasteiger charge is -2.26. The molecule has 0 unspecified atom stereocenters. The Bertz CT molecular complexity index is 773. The Labute approximate surface area is 153 Å². The van der Waals surface area contributed by atoms with Crippen LogP contribution >= 0.6 is 0 Å². The second-order valence-electron chi connectivity index (χ2n) is 6.84. The summed E-state index contributed by atoms with van der Waals surface area (Å²) < 4.78 is 5.44. The number of hydrogen-bond acceptors (Lipinski definition) is 5. The number of carbonyl (C=O) groups excluding carboxylic acids is 1. The number of rotatable bonds is 5. The zero-order valence-electron chi connectivity index (χ0n) is 14.8. The molecule has 6 heteroatoms. The predicted octanol–water partition coefficient (Wildman–Crippen LogP) is 2.14. The molecule has 1 amide bonds. The number of fused-ring (bicyclic) bond motifs is 1. The maximum absolute atomic E-state index is 12.3. The van der Waals surface area contributed by atoms with E-state index in [0.717, 1.165) is 56.1 Å². The van der Waals surface area contributed by atoms with Crippen molar-refractivity contribution in [1.82, 2.24) is 15.3 Å². The van der Waals surface area contributed by atoms with Crippen LogP contribution in [0.1, 0.15) is 40.3 Å². The Balaban J connectivity index is 1.58. The largest absolute Gasteiger partial charge is 0.381 e. The van der Waals surface area contributed by atoms with Gasteiger partial charge in [-0.1, -0.05) is 30.3 Å². The predicted molar refractivity (Wildman–Crippen MR) is 99.4 cm³/mol. The van der Waals surface area contributed by atoms with Crippen molar-refractivity contribution in [3.63, 3.8) is 0 Å². The summed E-state index contributed by atoms with van der Waals surface area (Å²) in [5.74, 6) is 1.46. The molecule has 0 saturated carbocycles. The second kappa shape index (κ2) is 7.83. The van der Waals surface area contributed by atoms with E-state index in [1.165, 1.54) is 5.56 Å². The van der Waals surface area contributed by atoms with E-state index in [1.807, 2.05) is 18.2 Å². The van der Waals surface area contributed by atoms with Crippen molar-refractivity contribution in [2.45, 2.75) is 38.1 Å². The van der Waals surface area contributed by atoms with Gasteiger partial charge in [0.2, 0.25) is 0 Å². The molecule has 1 aromatic carbocycles. The summed E-state index contributed by atoms with van der Waals surface area (Å²) in [6.45, 7) is 2.18. The maximum atomic E-state index is 12.3. The molecule has 0 radical (unpaired) electrons. The van der Waals surface area contributed by atoms with E-state index < -0.39 is 0 Å². The minimum atomic E-state index is -0.0929. The lowest BCUT2D eigenvalue weighted by Crippen LogP contribution is -2.35. The van der Waals surface area contributed by atoms with E-state index in [9.17, 15) is 4.79 Å². The number of nitrogens with one attached hydrogen (secondary N) is 2. The van der Waals surface area contributed by atoms with Crippen molar-refractivity contribution in [2.24, 2.45) is 0 Å². The lowest BCUT2D eigenvalue weighted by molar-refractivity contribution is 0.0901. The molecule has 3 heterocycles. The smallest absolute Gasteiger partial charge is 0.270 e. The number of benzene rings is 1. The molecule has 2 aliphatic rings. The van der Waals surface area contributed by atoms with Gasteiger partial charge < -0.3 is 15.4 Å². The van der Waals surface area contributed by atoms with Crippen LogP contribution in [0.25, 0.3) is 0 Å². The third kappa shape index (κ3) is 3.85. The van der Waals surface area contributed by atoms with E-state index in [-0.39, 0.29) is 5.91 Å². The number of amides is 1. The molecule has 0 atom stereocenters. The molecule has 1 saturated heterocycles. The molecule has 6 nitrogen and oxygen atoms in total. The van der Waals surface area contributed by atoms with Gasteiger partial charge in [-0.25, -0.2) is 9.97 Å². The van der Waals surface area contributed by atoms with Crippen LogP contribution in [0.3, 0.4) is 0 Å². The van der Waals surface area contributed by atoms with Crippen molar-refractivity contribution >= 4 is 11.7 Å². The summed E-state index contributed by atoms with van der Waals surface area (Å²) >= 11 is 0. The Hall–Kier alpha value is -2.47. The Morgan fingerprint density at radius 3 is 2.73 bits per heavy atom. The van der Waals surface area contributed by atoms with Gasteiger partial charge in [-0.05, 0) is 31.2 Å². The van der Waals surface area contributed by atoms with E-state index in [0.29, 0.717) is 24.7 Å². The van der Waals surface area contributed by atoms with Gasteiger partial charge in [-0.15, -0.1) is 0 Å². The van der Waals surface area contributed by atoms with Crippen LogP contribution in [-0.4, -0.2) is 41.7 Å². The number of carbonyl (C=O) groups is 1. The first-order valence-electron chi connectivity index (χ1n) is 9.36. The van der Waals surface area contributed by atoms with Gasteiger partial charge in [0.15, 0.2) is 0 Å². The third-order valence-electron chi connectivity index (χ3n) is 4.97. The number of aromatic nitrogens is 2. The lowest BCUT2D eigenvalue weighted by atomic mass is 10.0. The highest BCUT2D eigenvalue weighted by molar-refractivity contribution is 5.96. The fourth-order valence-corrected chi connectivity index (χ4v) is 3.51. The van der Waals surface area contributed by atoms with Crippen LogP contribution in [0.5, 0.6) is 0 Å². The summed E-state index contributed by atoms with van der Waals surface area (Å²) in [5.41, 5.74) is 2.73. The van der Waals surface area contributed by atoms with E-state index in [1.54, 1.807) is 0 Å². The summed E-state index contributed by atoms with van der Waals surface area (Å²) in [7, 11) is 0. The molecular formula is C20H24N4O2. The van der Waals surface area contributed by atoms with E-state index in [2.05, 4.69) is 27.8 Å². The van der Waals surface area contributed by atoms with Crippen LogP contribution in [0.4, 0.5) is 5.82 Å². The second-order valence-corrected chi connectivity index (χ2v) is 6.84. The molecular weight excluding hydrogens is 328 g/mol. The number of aryl methyl sites for hydroxylation is 2. The van der Waals surface area contributed by atoms with Crippen LogP contribution in [0.2, 0.25) is 0 Å². The summed E-state index contributed by atoms with van der Waals surface area (Å²) in [6, 6.07) is 10.6. The van der Waals surface area contributed by atoms with Gasteiger partial charge in [0, 0.05) is 37.8 Å². The number of ether oxygens (including phenoxy) is 1. The minimum absolute atomic E-state index is 0.0929. The Morgan fingerprint density at radius 1 is 1.12 bits per heavy atom. The van der Waals surface area contributed by atoms with Gasteiger partial charge in [0.25, 0.3) is 5.91 Å². The highest BCUT2D eigenvalue weighted by Crippen LogP contribution is 2.23. The zero-order valence-corrected chi connectivity index (χ0v) is 14.8. The molecule has 136 valence electrons. The maximum Gasteiger partial charge on any atom is 0.270 e. The number of nitrogens with zero attached hydrogens (tertiary/aromatic N) is 2. The molecule has 0 spiro atoms. The topological polar surface area (TPSA) is 76.1 Å². The highest BCUT2D eigenvalue weighted by atomic mass is 16.5. The quantitative estimate of drug-likeness (QED) is 0.862. The fourth-order valence-electron chi connectivity index (χ4n) is 3.51. The first-order valence-corrected chi connectivity index (χ1v) is 9.36. The average Bonchev–Trinajstić information content (AvgIpc) is 2.69.